The lowest BCUT2D eigenvalue weighted by atomic mass is 10.2. The van der Waals surface area contributed by atoms with Crippen LogP contribution in [0.25, 0.3) is 0 Å². The Morgan fingerprint density at radius 2 is 1.92 bits per heavy atom. The summed E-state index contributed by atoms with van der Waals surface area (Å²) in [7, 11) is 3.93. The third kappa shape index (κ3) is 5.63. The van der Waals surface area contributed by atoms with Gasteiger partial charge in [-0.25, -0.2) is 4.98 Å². The highest BCUT2D eigenvalue weighted by Crippen LogP contribution is 2.32. The molecule has 4 nitrogen and oxygen atoms in total. The molecule has 8 heteroatoms. The minimum Gasteiger partial charge on any atom is -0.378 e. The van der Waals surface area contributed by atoms with Crippen LogP contribution in [0.4, 0.5) is 24.7 Å². The number of alkyl halides is 3. The van der Waals surface area contributed by atoms with Crippen molar-refractivity contribution in [3.8, 4) is 0 Å². The molecule has 1 heterocycles. The first-order chi connectivity index (χ1) is 11.8. The Kier molecular flexibility index (Phi) is 6.25. The van der Waals surface area contributed by atoms with Crippen molar-refractivity contribution in [2.24, 2.45) is 4.99 Å². The zero-order valence-electron chi connectivity index (χ0n) is 13.8. The highest BCUT2D eigenvalue weighted by atomic mass is 35.5. The van der Waals surface area contributed by atoms with Crippen LogP contribution in [0.5, 0.6) is 0 Å². The summed E-state index contributed by atoms with van der Waals surface area (Å²) in [5.74, 6) is 0.209. The van der Waals surface area contributed by atoms with Gasteiger partial charge in [0.25, 0.3) is 0 Å². The second kappa shape index (κ2) is 8.20. The summed E-state index contributed by atoms with van der Waals surface area (Å²) in [6.45, 7) is 0.846. The van der Waals surface area contributed by atoms with E-state index in [9.17, 15) is 13.2 Å². The van der Waals surface area contributed by atoms with Gasteiger partial charge in [-0.05, 0) is 23.8 Å². The Hall–Kier alpha value is -2.28. The Morgan fingerprint density at radius 1 is 1.24 bits per heavy atom. The summed E-state index contributed by atoms with van der Waals surface area (Å²) in [5.41, 5.74) is 1.19. The molecule has 0 aliphatic rings. The van der Waals surface area contributed by atoms with Crippen LogP contribution in [0.3, 0.4) is 0 Å². The normalized spacial score (nSPS) is 11.8. The van der Waals surface area contributed by atoms with Gasteiger partial charge in [0, 0.05) is 38.7 Å². The average molecular weight is 371 g/mol. The zero-order chi connectivity index (χ0) is 18.4. The van der Waals surface area contributed by atoms with Crippen LogP contribution in [-0.2, 0) is 6.18 Å². The van der Waals surface area contributed by atoms with Gasteiger partial charge in [-0.3, -0.25) is 4.99 Å². The second-order valence-electron chi connectivity index (χ2n) is 5.50. The molecule has 0 spiro atoms. The van der Waals surface area contributed by atoms with Crippen LogP contribution < -0.4 is 10.2 Å². The van der Waals surface area contributed by atoms with E-state index in [-0.39, 0.29) is 10.8 Å². The number of hydrogen-bond donors (Lipinski definition) is 1. The highest BCUT2D eigenvalue weighted by molar-refractivity contribution is 6.32. The van der Waals surface area contributed by atoms with Crippen molar-refractivity contribution in [2.45, 2.75) is 6.18 Å². The fourth-order valence-electron chi connectivity index (χ4n) is 1.99. The molecule has 0 atom stereocenters. The molecule has 0 aliphatic heterocycles. The van der Waals surface area contributed by atoms with Gasteiger partial charge in [-0.2, -0.15) is 13.2 Å². The maximum Gasteiger partial charge on any atom is 0.417 e. The monoisotopic (exact) mass is 370 g/mol. The lowest BCUT2D eigenvalue weighted by Crippen LogP contribution is -2.10. The molecular weight excluding hydrogens is 353 g/mol. The van der Waals surface area contributed by atoms with Crippen LogP contribution in [0.15, 0.2) is 41.5 Å². The van der Waals surface area contributed by atoms with E-state index in [0.29, 0.717) is 13.1 Å². The van der Waals surface area contributed by atoms with Gasteiger partial charge in [0.1, 0.15) is 5.82 Å². The number of aromatic nitrogens is 1. The number of hydrogen-bond acceptors (Lipinski definition) is 4. The van der Waals surface area contributed by atoms with Crippen molar-refractivity contribution in [3.63, 3.8) is 0 Å². The third-order valence-electron chi connectivity index (χ3n) is 3.35. The fraction of sp³-hybridized carbons (Fsp3) is 0.294. The highest BCUT2D eigenvalue weighted by Gasteiger charge is 2.31. The molecule has 25 heavy (non-hydrogen) atoms. The average Bonchev–Trinajstić information content (AvgIpc) is 2.55. The first kappa shape index (κ1) is 19.1. The smallest absolute Gasteiger partial charge is 0.378 e. The Morgan fingerprint density at radius 3 is 2.48 bits per heavy atom. The Bertz CT molecular complexity index is 728. The van der Waals surface area contributed by atoms with Crippen LogP contribution in [-0.4, -0.2) is 38.4 Å². The number of halogens is 4. The first-order valence-electron chi connectivity index (χ1n) is 7.51. The minimum absolute atomic E-state index is 0.0712. The summed E-state index contributed by atoms with van der Waals surface area (Å²) >= 11 is 5.82. The molecule has 134 valence electrons. The van der Waals surface area contributed by atoms with Crippen LogP contribution in [0.1, 0.15) is 11.1 Å². The van der Waals surface area contributed by atoms with E-state index in [1.165, 1.54) is 0 Å². The molecule has 0 bridgehead atoms. The molecule has 1 aromatic heterocycles. The Balaban J connectivity index is 1.84. The summed E-state index contributed by atoms with van der Waals surface area (Å²) in [6.07, 6.45) is -1.96. The molecule has 0 saturated heterocycles. The molecule has 0 radical (unpaired) electrons. The van der Waals surface area contributed by atoms with Gasteiger partial charge < -0.3 is 10.2 Å². The van der Waals surface area contributed by atoms with Crippen LogP contribution >= 0.6 is 11.6 Å². The molecule has 0 fully saturated rings. The zero-order valence-corrected chi connectivity index (χ0v) is 14.6. The lowest BCUT2D eigenvalue weighted by Gasteiger charge is -2.11. The topological polar surface area (TPSA) is 40.5 Å². The Labute approximate surface area is 149 Å². The summed E-state index contributed by atoms with van der Waals surface area (Å²) < 4.78 is 37.6. The number of nitrogens with zero attached hydrogens (tertiary/aromatic N) is 3. The molecule has 0 aliphatic carbocycles. The van der Waals surface area contributed by atoms with Crippen molar-refractivity contribution in [1.29, 1.82) is 0 Å². The van der Waals surface area contributed by atoms with E-state index in [1.807, 2.05) is 43.3 Å². The van der Waals surface area contributed by atoms with Gasteiger partial charge >= 0.3 is 6.18 Å². The van der Waals surface area contributed by atoms with E-state index in [0.717, 1.165) is 23.5 Å². The largest absolute Gasteiger partial charge is 0.417 e. The van der Waals surface area contributed by atoms with Gasteiger partial charge in [0.15, 0.2) is 0 Å². The molecule has 0 amide bonds. The number of anilines is 2. The van der Waals surface area contributed by atoms with E-state index in [2.05, 4.69) is 15.3 Å². The van der Waals surface area contributed by atoms with Gasteiger partial charge in [-0.1, -0.05) is 23.7 Å². The molecule has 1 aromatic carbocycles. The summed E-state index contributed by atoms with van der Waals surface area (Å²) in [6, 6.07) is 8.75. The SMILES string of the molecule is CN(C)c1ccc(C=NCCNc2ncc(C(F)(F)F)cc2Cl)cc1. The minimum atomic E-state index is -4.46. The van der Waals surface area contributed by atoms with Gasteiger partial charge in [0.05, 0.1) is 17.1 Å². The van der Waals surface area contributed by atoms with Crippen LogP contribution in [0, 0.1) is 0 Å². The van der Waals surface area contributed by atoms with Crippen molar-refractivity contribution in [2.75, 3.05) is 37.4 Å². The first-order valence-corrected chi connectivity index (χ1v) is 7.89. The number of benzene rings is 1. The fourth-order valence-corrected chi connectivity index (χ4v) is 2.22. The van der Waals surface area contributed by atoms with E-state index in [4.69, 9.17) is 11.6 Å². The number of nitrogens with one attached hydrogen (secondary N) is 1. The molecule has 1 N–H and O–H groups in total. The standard InChI is InChI=1S/C17H18ClF3N4/c1-25(2)14-5-3-12(4-6-14)10-22-7-8-23-16-15(18)9-13(11-24-16)17(19,20)21/h3-6,9-11H,7-8H2,1-2H3,(H,23,24). The van der Waals surface area contributed by atoms with Crippen molar-refractivity contribution < 1.29 is 13.2 Å². The molecule has 2 rings (SSSR count). The summed E-state index contributed by atoms with van der Waals surface area (Å²) in [5, 5.41) is 2.80. The summed E-state index contributed by atoms with van der Waals surface area (Å²) in [4.78, 5) is 9.98. The van der Waals surface area contributed by atoms with E-state index in [1.54, 1.807) is 6.21 Å². The van der Waals surface area contributed by atoms with Gasteiger partial charge in [-0.15, -0.1) is 0 Å². The number of aliphatic imine (C=N–C) groups is 1. The predicted molar refractivity (Wildman–Crippen MR) is 96.0 cm³/mol. The van der Waals surface area contributed by atoms with E-state index < -0.39 is 11.7 Å². The van der Waals surface area contributed by atoms with Crippen molar-refractivity contribution in [1.82, 2.24) is 4.98 Å². The predicted octanol–water partition coefficient (Wildman–Crippen LogP) is 4.35. The molecular formula is C17H18ClF3N4. The maximum absolute atomic E-state index is 12.5. The van der Waals surface area contributed by atoms with E-state index >= 15 is 0 Å². The molecule has 2 aromatic rings. The third-order valence-corrected chi connectivity index (χ3v) is 3.64. The molecule has 0 saturated carbocycles. The quantitative estimate of drug-likeness (QED) is 0.607. The van der Waals surface area contributed by atoms with Gasteiger partial charge in [0.2, 0.25) is 0 Å². The van der Waals surface area contributed by atoms with Crippen molar-refractivity contribution >= 4 is 29.3 Å². The molecule has 0 unspecified atom stereocenters. The second-order valence-corrected chi connectivity index (χ2v) is 5.91. The number of rotatable bonds is 6. The van der Waals surface area contributed by atoms with Crippen LogP contribution in [0.2, 0.25) is 5.02 Å². The number of pyridine rings is 1. The van der Waals surface area contributed by atoms with Crippen molar-refractivity contribution in [3.05, 3.63) is 52.7 Å². The lowest BCUT2D eigenvalue weighted by molar-refractivity contribution is -0.137. The maximum atomic E-state index is 12.5.